The average molecular weight is 405 g/mol. The first kappa shape index (κ1) is 21.8. The summed E-state index contributed by atoms with van der Waals surface area (Å²) in [6, 6.07) is 0. The van der Waals surface area contributed by atoms with E-state index < -0.39 is 0 Å². The first-order valence-corrected chi connectivity index (χ1v) is 12.5. The Labute approximate surface area is 178 Å². The van der Waals surface area contributed by atoms with Crippen molar-refractivity contribution in [1.29, 1.82) is 0 Å². The zero-order valence-electron chi connectivity index (χ0n) is 18.9. The summed E-state index contributed by atoms with van der Waals surface area (Å²) in [6.07, 6.45) is 13.5. The minimum Gasteiger partial charge on any atom is -0.396 e. The fourth-order valence-electron chi connectivity index (χ4n) is 8.20. The molecule has 4 aliphatic carbocycles. The highest BCUT2D eigenvalue weighted by Gasteiger charge is 2.56. The largest absolute Gasteiger partial charge is 0.396 e. The van der Waals surface area contributed by atoms with Crippen LogP contribution in [0.1, 0.15) is 85.0 Å². The van der Waals surface area contributed by atoms with Crippen molar-refractivity contribution >= 4 is 0 Å². The Kier molecular flexibility index (Phi) is 6.50. The van der Waals surface area contributed by atoms with E-state index in [1.807, 2.05) is 0 Å². The smallest absolute Gasteiger partial charge is 0.0577 e. The van der Waals surface area contributed by atoms with Gasteiger partial charge in [-0.2, -0.15) is 0 Å². The predicted molar refractivity (Wildman–Crippen MR) is 117 cm³/mol. The van der Waals surface area contributed by atoms with Crippen LogP contribution in [0.15, 0.2) is 11.6 Å². The molecule has 3 fully saturated rings. The third kappa shape index (κ3) is 3.96. The van der Waals surface area contributed by atoms with Gasteiger partial charge in [-0.25, -0.2) is 0 Å². The van der Waals surface area contributed by atoms with Gasteiger partial charge in [0.15, 0.2) is 0 Å². The molecular formula is C26H44O3. The van der Waals surface area contributed by atoms with Crippen molar-refractivity contribution in [1.82, 2.24) is 0 Å². The number of aliphatic hydroxyl groups excluding tert-OH is 3. The third-order valence-corrected chi connectivity index (χ3v) is 9.85. The molecule has 3 heteroatoms. The normalized spacial score (nSPS) is 46.3. The van der Waals surface area contributed by atoms with Gasteiger partial charge in [-0.05, 0) is 98.2 Å². The number of rotatable bonds is 6. The van der Waals surface area contributed by atoms with Gasteiger partial charge in [-0.1, -0.05) is 45.3 Å². The number of hydrogen-bond donors (Lipinski definition) is 3. The lowest BCUT2D eigenvalue weighted by atomic mass is 9.50. The quantitative estimate of drug-likeness (QED) is 0.549. The SMILES string of the molecule is C[C@@H](CO)CCC[C@@H](C)[C@@H]1[C@H]2CC[C@H]3[C@@H](CC=C4C[C@@H](O)CC[C@@]43C)[C@@H]2C[C@@H]1O. The van der Waals surface area contributed by atoms with Gasteiger partial charge < -0.3 is 15.3 Å². The van der Waals surface area contributed by atoms with E-state index in [1.54, 1.807) is 0 Å². The molecule has 0 saturated heterocycles. The molecule has 0 aromatic rings. The van der Waals surface area contributed by atoms with Crippen LogP contribution in [-0.2, 0) is 0 Å². The Hall–Kier alpha value is -0.380. The van der Waals surface area contributed by atoms with E-state index in [9.17, 15) is 15.3 Å². The average Bonchev–Trinajstić information content (AvgIpc) is 3.04. The minimum absolute atomic E-state index is 0.125. The van der Waals surface area contributed by atoms with Crippen molar-refractivity contribution in [2.75, 3.05) is 6.61 Å². The lowest BCUT2D eigenvalue weighted by Gasteiger charge is -2.55. The Bertz CT molecular complexity index is 601. The topological polar surface area (TPSA) is 60.7 Å². The van der Waals surface area contributed by atoms with E-state index in [-0.39, 0.29) is 12.2 Å². The van der Waals surface area contributed by atoms with Crippen LogP contribution >= 0.6 is 0 Å². The van der Waals surface area contributed by atoms with Crippen molar-refractivity contribution in [3.8, 4) is 0 Å². The summed E-state index contributed by atoms with van der Waals surface area (Å²) in [4.78, 5) is 0. The Morgan fingerprint density at radius 1 is 1.07 bits per heavy atom. The maximum atomic E-state index is 11.1. The van der Waals surface area contributed by atoms with Crippen LogP contribution < -0.4 is 0 Å². The molecule has 3 N–H and O–H groups in total. The molecule has 0 spiro atoms. The molecule has 10 atom stereocenters. The summed E-state index contributed by atoms with van der Waals surface area (Å²) < 4.78 is 0. The predicted octanol–water partition coefficient (Wildman–Crippen LogP) is 4.94. The van der Waals surface area contributed by atoms with Crippen LogP contribution in [0.4, 0.5) is 0 Å². The highest BCUT2D eigenvalue weighted by molar-refractivity contribution is 5.24. The molecule has 29 heavy (non-hydrogen) atoms. The lowest BCUT2D eigenvalue weighted by molar-refractivity contribution is -0.0164. The summed E-state index contributed by atoms with van der Waals surface area (Å²) in [5.41, 5.74) is 1.83. The molecule has 0 unspecified atom stereocenters. The fourth-order valence-corrected chi connectivity index (χ4v) is 8.20. The maximum Gasteiger partial charge on any atom is 0.0577 e. The molecule has 0 radical (unpaired) electrons. The second kappa shape index (κ2) is 8.63. The molecule has 3 saturated carbocycles. The van der Waals surface area contributed by atoms with Gasteiger partial charge in [0.1, 0.15) is 0 Å². The molecule has 166 valence electrons. The van der Waals surface area contributed by atoms with Crippen molar-refractivity contribution < 1.29 is 15.3 Å². The molecule has 4 aliphatic rings. The summed E-state index contributed by atoms with van der Waals surface area (Å²) in [5.74, 6) is 4.33. The van der Waals surface area contributed by atoms with Gasteiger partial charge in [-0.3, -0.25) is 0 Å². The van der Waals surface area contributed by atoms with Gasteiger partial charge in [-0.15, -0.1) is 0 Å². The van der Waals surface area contributed by atoms with E-state index in [0.717, 1.165) is 43.9 Å². The monoisotopic (exact) mass is 404 g/mol. The van der Waals surface area contributed by atoms with Gasteiger partial charge >= 0.3 is 0 Å². The number of hydrogen-bond acceptors (Lipinski definition) is 3. The van der Waals surface area contributed by atoms with E-state index in [0.29, 0.717) is 41.6 Å². The summed E-state index contributed by atoms with van der Waals surface area (Å²) in [5, 5.41) is 30.5. The first-order chi connectivity index (χ1) is 13.8. The molecule has 0 aromatic carbocycles. The molecule has 0 bridgehead atoms. The van der Waals surface area contributed by atoms with E-state index in [2.05, 4.69) is 26.8 Å². The summed E-state index contributed by atoms with van der Waals surface area (Å²) in [6.45, 7) is 7.27. The number of aliphatic hydroxyl groups is 3. The highest BCUT2D eigenvalue weighted by atomic mass is 16.3. The maximum absolute atomic E-state index is 11.1. The highest BCUT2D eigenvalue weighted by Crippen LogP contribution is 2.63. The molecule has 0 aliphatic heterocycles. The third-order valence-electron chi connectivity index (χ3n) is 9.85. The van der Waals surface area contributed by atoms with Gasteiger partial charge in [0.2, 0.25) is 0 Å². The lowest BCUT2D eigenvalue weighted by Crippen LogP contribution is -2.47. The molecule has 0 amide bonds. The van der Waals surface area contributed by atoms with Crippen LogP contribution in [0.5, 0.6) is 0 Å². The van der Waals surface area contributed by atoms with E-state index in [1.165, 1.54) is 37.7 Å². The van der Waals surface area contributed by atoms with Crippen LogP contribution in [0.2, 0.25) is 0 Å². The zero-order valence-corrected chi connectivity index (χ0v) is 18.9. The van der Waals surface area contributed by atoms with Crippen molar-refractivity contribution in [3.63, 3.8) is 0 Å². The molecule has 3 nitrogen and oxygen atoms in total. The van der Waals surface area contributed by atoms with Crippen molar-refractivity contribution in [3.05, 3.63) is 11.6 Å². The van der Waals surface area contributed by atoms with Gasteiger partial charge in [0, 0.05) is 6.61 Å². The minimum atomic E-state index is -0.130. The Balaban J connectivity index is 1.44. The first-order valence-electron chi connectivity index (χ1n) is 12.5. The van der Waals surface area contributed by atoms with Crippen LogP contribution in [0.3, 0.4) is 0 Å². The molecule has 4 rings (SSSR count). The van der Waals surface area contributed by atoms with Gasteiger partial charge in [0.05, 0.1) is 12.2 Å². The standard InChI is InChI=1S/C26H44O3/c1-16(15-27)5-4-6-17(2)25-21-9-10-23-20(22(21)14-24(25)29)8-7-18-13-19(28)11-12-26(18,23)3/h7,16-17,19-25,27-29H,4-6,8-15H2,1-3H3/t16-,17-,19+,20+,21+,22+,23+,24+,25-,26+/m1/s1. The van der Waals surface area contributed by atoms with Crippen LogP contribution in [-0.4, -0.2) is 34.1 Å². The van der Waals surface area contributed by atoms with Gasteiger partial charge in [0.25, 0.3) is 0 Å². The van der Waals surface area contributed by atoms with E-state index >= 15 is 0 Å². The summed E-state index contributed by atoms with van der Waals surface area (Å²) >= 11 is 0. The van der Waals surface area contributed by atoms with Crippen LogP contribution in [0.25, 0.3) is 0 Å². The second-order valence-corrected chi connectivity index (χ2v) is 11.5. The summed E-state index contributed by atoms with van der Waals surface area (Å²) in [7, 11) is 0. The Morgan fingerprint density at radius 3 is 2.62 bits per heavy atom. The Morgan fingerprint density at radius 2 is 1.86 bits per heavy atom. The zero-order chi connectivity index (χ0) is 20.8. The number of allylic oxidation sites excluding steroid dienone is 1. The second-order valence-electron chi connectivity index (χ2n) is 11.5. The van der Waals surface area contributed by atoms with E-state index in [4.69, 9.17) is 0 Å². The fraction of sp³-hybridized carbons (Fsp3) is 0.923. The van der Waals surface area contributed by atoms with Crippen molar-refractivity contribution in [2.45, 2.75) is 97.2 Å². The molecular weight excluding hydrogens is 360 g/mol. The van der Waals surface area contributed by atoms with Crippen LogP contribution in [0, 0.1) is 46.8 Å². The molecule has 0 heterocycles. The number of fused-ring (bicyclic) bond motifs is 5. The molecule has 0 aromatic heterocycles. The van der Waals surface area contributed by atoms with Crippen molar-refractivity contribution in [2.24, 2.45) is 46.8 Å².